The maximum absolute atomic E-state index is 12.2. The van der Waals surface area contributed by atoms with Crippen molar-refractivity contribution in [2.75, 3.05) is 6.79 Å². The maximum Gasteiger partial charge on any atom is 0.251 e. The zero-order chi connectivity index (χ0) is 17.2. The Morgan fingerprint density at radius 3 is 2.50 bits per heavy atom. The summed E-state index contributed by atoms with van der Waals surface area (Å²) in [6, 6.07) is 12.8. The number of carbonyl (C=O) groups excluding carboxylic acids is 1. The van der Waals surface area contributed by atoms with Gasteiger partial charge in [-0.15, -0.1) is 0 Å². The van der Waals surface area contributed by atoms with Crippen LogP contribution in [0.2, 0.25) is 0 Å². The molecular formula is C19H21NO4. The van der Waals surface area contributed by atoms with E-state index in [0.717, 1.165) is 17.1 Å². The molecule has 0 fully saturated rings. The fourth-order valence-electron chi connectivity index (χ4n) is 2.36. The van der Waals surface area contributed by atoms with Gasteiger partial charge in [0.05, 0.1) is 0 Å². The lowest BCUT2D eigenvalue weighted by Crippen LogP contribution is -2.24. The van der Waals surface area contributed by atoms with Gasteiger partial charge in [0.2, 0.25) is 6.79 Å². The Morgan fingerprint density at radius 2 is 1.79 bits per heavy atom. The number of amides is 1. The van der Waals surface area contributed by atoms with Crippen molar-refractivity contribution in [1.29, 1.82) is 0 Å². The molecule has 1 aliphatic heterocycles. The Bertz CT molecular complexity index is 732. The molecule has 0 bridgehead atoms. The molecule has 0 saturated heterocycles. The number of hydrogen-bond acceptors (Lipinski definition) is 4. The summed E-state index contributed by atoms with van der Waals surface area (Å²) in [5.41, 5.74) is 1.29. The van der Waals surface area contributed by atoms with E-state index in [0.29, 0.717) is 17.9 Å². The van der Waals surface area contributed by atoms with Gasteiger partial charge in [0.15, 0.2) is 11.5 Å². The van der Waals surface area contributed by atoms with Crippen LogP contribution in [0.3, 0.4) is 0 Å². The van der Waals surface area contributed by atoms with Gasteiger partial charge in [0, 0.05) is 12.1 Å². The zero-order valence-corrected chi connectivity index (χ0v) is 14.1. The van der Waals surface area contributed by atoms with E-state index in [1.165, 1.54) is 0 Å². The summed E-state index contributed by atoms with van der Waals surface area (Å²) in [5, 5.41) is 2.90. The third-order valence-electron chi connectivity index (χ3n) is 3.43. The summed E-state index contributed by atoms with van der Waals surface area (Å²) in [5.74, 6) is 2.06. The van der Waals surface area contributed by atoms with Crippen LogP contribution >= 0.6 is 0 Å². The van der Waals surface area contributed by atoms with Crippen molar-refractivity contribution in [2.24, 2.45) is 0 Å². The van der Waals surface area contributed by atoms with E-state index in [4.69, 9.17) is 14.2 Å². The molecular weight excluding hydrogens is 306 g/mol. The summed E-state index contributed by atoms with van der Waals surface area (Å²) in [4.78, 5) is 12.2. The molecule has 5 heteroatoms. The van der Waals surface area contributed by atoms with E-state index in [2.05, 4.69) is 5.32 Å². The van der Waals surface area contributed by atoms with Crippen molar-refractivity contribution in [3.63, 3.8) is 0 Å². The van der Waals surface area contributed by atoms with Crippen LogP contribution in [0.4, 0.5) is 0 Å². The van der Waals surface area contributed by atoms with Crippen LogP contribution in [0.25, 0.3) is 0 Å². The molecule has 126 valence electrons. The number of fused-ring (bicyclic) bond motifs is 1. The van der Waals surface area contributed by atoms with Crippen molar-refractivity contribution in [1.82, 2.24) is 5.32 Å². The first-order valence-electron chi connectivity index (χ1n) is 7.86. The van der Waals surface area contributed by atoms with Gasteiger partial charge in [-0.2, -0.15) is 0 Å². The molecule has 0 unspecified atom stereocenters. The molecule has 0 atom stereocenters. The number of ether oxygens (including phenoxy) is 3. The molecule has 3 rings (SSSR count). The molecule has 1 aliphatic rings. The summed E-state index contributed by atoms with van der Waals surface area (Å²) in [6.45, 7) is 6.63. The predicted octanol–water partition coefficient (Wildman–Crippen LogP) is 3.52. The van der Waals surface area contributed by atoms with Crippen LogP contribution in [0.15, 0.2) is 42.5 Å². The average Bonchev–Trinajstić information content (AvgIpc) is 2.99. The van der Waals surface area contributed by atoms with Gasteiger partial charge in [-0.3, -0.25) is 4.79 Å². The number of rotatable bonds is 4. The Hall–Kier alpha value is -2.69. The smallest absolute Gasteiger partial charge is 0.251 e. The zero-order valence-electron chi connectivity index (χ0n) is 14.1. The molecule has 1 N–H and O–H groups in total. The van der Waals surface area contributed by atoms with Crippen LogP contribution in [-0.4, -0.2) is 18.3 Å². The largest absolute Gasteiger partial charge is 0.488 e. The molecule has 0 spiro atoms. The van der Waals surface area contributed by atoms with Gasteiger partial charge < -0.3 is 19.5 Å². The monoisotopic (exact) mass is 327 g/mol. The fourth-order valence-corrected chi connectivity index (χ4v) is 2.36. The quantitative estimate of drug-likeness (QED) is 0.933. The fraction of sp³-hybridized carbons (Fsp3) is 0.316. The Morgan fingerprint density at radius 1 is 1.08 bits per heavy atom. The van der Waals surface area contributed by atoms with Crippen LogP contribution in [0.5, 0.6) is 17.2 Å². The van der Waals surface area contributed by atoms with Gasteiger partial charge in [-0.1, -0.05) is 6.07 Å². The molecule has 5 nitrogen and oxygen atoms in total. The summed E-state index contributed by atoms with van der Waals surface area (Å²) < 4.78 is 16.4. The molecule has 2 aromatic carbocycles. The molecule has 24 heavy (non-hydrogen) atoms. The second-order valence-corrected chi connectivity index (χ2v) is 6.61. The molecule has 0 saturated carbocycles. The molecule has 1 heterocycles. The van der Waals surface area contributed by atoms with Crippen molar-refractivity contribution in [3.05, 3.63) is 53.6 Å². The van der Waals surface area contributed by atoms with Gasteiger partial charge in [0.1, 0.15) is 11.4 Å². The SMILES string of the molecule is CC(C)(C)Oc1ccc(C(=O)NCc2ccc3c(c2)OCO3)cc1. The van der Waals surface area contributed by atoms with Gasteiger partial charge in [-0.25, -0.2) is 0 Å². The molecule has 2 aromatic rings. The normalized spacial score (nSPS) is 12.8. The average molecular weight is 327 g/mol. The van der Waals surface area contributed by atoms with E-state index in [-0.39, 0.29) is 18.3 Å². The first kappa shape index (κ1) is 16.2. The summed E-state index contributed by atoms with van der Waals surface area (Å²) in [6.07, 6.45) is 0. The highest BCUT2D eigenvalue weighted by molar-refractivity contribution is 5.94. The minimum absolute atomic E-state index is 0.130. The number of hydrogen-bond donors (Lipinski definition) is 1. The summed E-state index contributed by atoms with van der Waals surface area (Å²) in [7, 11) is 0. The Balaban J connectivity index is 1.59. The molecule has 0 radical (unpaired) electrons. The highest BCUT2D eigenvalue weighted by atomic mass is 16.7. The van der Waals surface area contributed by atoms with Crippen molar-refractivity contribution in [2.45, 2.75) is 32.9 Å². The first-order valence-corrected chi connectivity index (χ1v) is 7.86. The highest BCUT2D eigenvalue weighted by Crippen LogP contribution is 2.32. The molecule has 1 amide bonds. The van der Waals surface area contributed by atoms with Crippen molar-refractivity contribution >= 4 is 5.91 Å². The number of carbonyl (C=O) groups is 1. The van der Waals surface area contributed by atoms with E-state index in [1.54, 1.807) is 24.3 Å². The number of nitrogens with one attached hydrogen (secondary N) is 1. The third-order valence-corrected chi connectivity index (χ3v) is 3.43. The van der Waals surface area contributed by atoms with Gasteiger partial charge in [-0.05, 0) is 62.7 Å². The van der Waals surface area contributed by atoms with Crippen LogP contribution in [-0.2, 0) is 6.54 Å². The third kappa shape index (κ3) is 3.98. The Kier molecular flexibility index (Phi) is 4.34. The van der Waals surface area contributed by atoms with Crippen LogP contribution < -0.4 is 19.5 Å². The van der Waals surface area contributed by atoms with E-state index < -0.39 is 0 Å². The maximum atomic E-state index is 12.2. The first-order chi connectivity index (χ1) is 11.4. The lowest BCUT2D eigenvalue weighted by atomic mass is 10.1. The Labute approximate surface area is 141 Å². The lowest BCUT2D eigenvalue weighted by Gasteiger charge is -2.21. The van der Waals surface area contributed by atoms with Gasteiger partial charge >= 0.3 is 0 Å². The van der Waals surface area contributed by atoms with Crippen molar-refractivity contribution in [3.8, 4) is 17.2 Å². The predicted molar refractivity (Wildman–Crippen MR) is 90.6 cm³/mol. The standard InChI is InChI=1S/C19H21NO4/c1-19(2,3)24-15-7-5-14(6-8-15)18(21)20-11-13-4-9-16-17(10-13)23-12-22-16/h4-10H,11-12H2,1-3H3,(H,20,21). The van der Waals surface area contributed by atoms with Crippen molar-refractivity contribution < 1.29 is 19.0 Å². The van der Waals surface area contributed by atoms with E-state index in [9.17, 15) is 4.79 Å². The van der Waals surface area contributed by atoms with Crippen LogP contribution in [0.1, 0.15) is 36.7 Å². The minimum atomic E-state index is -0.261. The van der Waals surface area contributed by atoms with Gasteiger partial charge in [0.25, 0.3) is 5.91 Å². The topological polar surface area (TPSA) is 56.8 Å². The second kappa shape index (κ2) is 6.43. The molecule has 0 aliphatic carbocycles. The molecule has 0 aromatic heterocycles. The second-order valence-electron chi connectivity index (χ2n) is 6.61. The highest BCUT2D eigenvalue weighted by Gasteiger charge is 2.14. The van der Waals surface area contributed by atoms with E-state index >= 15 is 0 Å². The summed E-state index contributed by atoms with van der Waals surface area (Å²) >= 11 is 0. The van der Waals surface area contributed by atoms with Crippen LogP contribution in [0, 0.1) is 0 Å². The van der Waals surface area contributed by atoms with E-state index in [1.807, 2.05) is 39.0 Å². The lowest BCUT2D eigenvalue weighted by molar-refractivity contribution is 0.0950. The number of benzene rings is 2. The minimum Gasteiger partial charge on any atom is -0.488 e.